The van der Waals surface area contributed by atoms with Gasteiger partial charge in [0, 0.05) is 23.7 Å². The summed E-state index contributed by atoms with van der Waals surface area (Å²) in [7, 11) is 0. The van der Waals surface area contributed by atoms with Gasteiger partial charge in [-0.3, -0.25) is 4.79 Å². The van der Waals surface area contributed by atoms with Crippen molar-refractivity contribution in [3.63, 3.8) is 0 Å². The molecule has 0 aliphatic heterocycles. The molecule has 122 valence electrons. The van der Waals surface area contributed by atoms with Gasteiger partial charge in [-0.05, 0) is 42.7 Å². The van der Waals surface area contributed by atoms with Gasteiger partial charge >= 0.3 is 5.63 Å². The van der Waals surface area contributed by atoms with Gasteiger partial charge in [-0.2, -0.15) is 0 Å². The van der Waals surface area contributed by atoms with E-state index in [0.29, 0.717) is 23.4 Å². The van der Waals surface area contributed by atoms with Crippen molar-refractivity contribution in [2.75, 3.05) is 5.32 Å². The number of nitrogens with one attached hydrogen (secondary N) is 1. The van der Waals surface area contributed by atoms with Crippen molar-refractivity contribution in [2.24, 2.45) is 5.73 Å². The van der Waals surface area contributed by atoms with Gasteiger partial charge in [-0.25, -0.2) is 4.79 Å². The number of carbonyl (C=O) groups excluding carboxylic acids is 1. The molecule has 3 rings (SSSR count). The Morgan fingerprint density at radius 2 is 1.92 bits per heavy atom. The van der Waals surface area contributed by atoms with E-state index in [1.165, 1.54) is 6.07 Å². The molecule has 3 N–H and O–H groups in total. The maximum absolute atomic E-state index is 11.9. The summed E-state index contributed by atoms with van der Waals surface area (Å²) in [5.41, 5.74) is 9.47. The van der Waals surface area contributed by atoms with Gasteiger partial charge in [0.25, 0.3) is 5.91 Å². The summed E-state index contributed by atoms with van der Waals surface area (Å²) in [6, 6.07) is 12.4. The van der Waals surface area contributed by atoms with E-state index in [1.807, 2.05) is 32.0 Å². The lowest BCUT2D eigenvalue weighted by Crippen LogP contribution is -2.14. The molecule has 0 saturated carbocycles. The van der Waals surface area contributed by atoms with Crippen LogP contribution in [0.4, 0.5) is 5.69 Å². The first-order chi connectivity index (χ1) is 11.5. The number of hydrogen-bond acceptors (Lipinski definition) is 4. The number of amides is 1. The molecule has 1 heterocycles. The molecule has 0 radical (unpaired) electrons. The number of carbonyl (C=O) groups is 1. The molecule has 3 aromatic rings. The quantitative estimate of drug-likeness (QED) is 0.723. The number of fused-ring (bicyclic) bond motifs is 1. The van der Waals surface area contributed by atoms with E-state index >= 15 is 0 Å². The number of nitrogens with two attached hydrogens (primary N) is 1. The second-order valence-corrected chi connectivity index (χ2v) is 5.74. The zero-order chi connectivity index (χ0) is 17.3. The summed E-state index contributed by atoms with van der Waals surface area (Å²) in [6.45, 7) is 4.29. The van der Waals surface area contributed by atoms with Gasteiger partial charge in [0.2, 0.25) is 0 Å². The van der Waals surface area contributed by atoms with Crippen molar-refractivity contribution >= 4 is 22.6 Å². The minimum absolute atomic E-state index is 0.384. The second kappa shape index (κ2) is 6.20. The van der Waals surface area contributed by atoms with Gasteiger partial charge in [0.1, 0.15) is 5.58 Å². The number of para-hydroxylation sites is 1. The van der Waals surface area contributed by atoms with Crippen molar-refractivity contribution in [1.82, 2.24) is 0 Å². The van der Waals surface area contributed by atoms with Crippen LogP contribution < -0.4 is 16.7 Å². The molecule has 0 aliphatic carbocycles. The number of rotatable bonds is 4. The summed E-state index contributed by atoms with van der Waals surface area (Å²) in [5.74, 6) is -0.498. The summed E-state index contributed by atoms with van der Waals surface area (Å²) >= 11 is 0. The third-order valence-electron chi connectivity index (χ3n) is 4.18. The SMILES string of the molecule is Cc1ccc2c(CNc3ccccc3C(N)=O)cc(=O)oc2c1C. The Labute approximate surface area is 139 Å². The van der Waals surface area contributed by atoms with Gasteiger partial charge in [0.05, 0.1) is 5.56 Å². The van der Waals surface area contributed by atoms with Gasteiger partial charge < -0.3 is 15.5 Å². The number of hydrogen-bond donors (Lipinski definition) is 2. The van der Waals surface area contributed by atoms with Crippen molar-refractivity contribution in [3.05, 3.63) is 75.1 Å². The Balaban J connectivity index is 2.01. The monoisotopic (exact) mass is 322 g/mol. The fourth-order valence-electron chi connectivity index (χ4n) is 2.71. The highest BCUT2D eigenvalue weighted by molar-refractivity contribution is 5.98. The van der Waals surface area contributed by atoms with Crippen LogP contribution in [0.5, 0.6) is 0 Å². The Hall–Kier alpha value is -3.08. The molecule has 0 bridgehead atoms. The first-order valence-electron chi connectivity index (χ1n) is 7.63. The minimum atomic E-state index is -0.498. The zero-order valence-corrected chi connectivity index (χ0v) is 13.6. The highest BCUT2D eigenvalue weighted by Crippen LogP contribution is 2.24. The molecule has 0 atom stereocenters. The molecule has 0 spiro atoms. The smallest absolute Gasteiger partial charge is 0.336 e. The molecule has 0 saturated heterocycles. The number of anilines is 1. The van der Waals surface area contributed by atoms with Crippen molar-refractivity contribution in [2.45, 2.75) is 20.4 Å². The van der Waals surface area contributed by atoms with E-state index in [1.54, 1.807) is 18.2 Å². The molecule has 5 nitrogen and oxygen atoms in total. The van der Waals surface area contributed by atoms with E-state index in [-0.39, 0.29) is 0 Å². The maximum Gasteiger partial charge on any atom is 0.336 e. The maximum atomic E-state index is 11.9. The zero-order valence-electron chi connectivity index (χ0n) is 13.6. The van der Waals surface area contributed by atoms with Crippen molar-refractivity contribution in [3.8, 4) is 0 Å². The average Bonchev–Trinajstić information content (AvgIpc) is 2.56. The molecule has 1 aromatic heterocycles. The van der Waals surface area contributed by atoms with Crippen LogP contribution in [0.2, 0.25) is 0 Å². The largest absolute Gasteiger partial charge is 0.422 e. The molecular weight excluding hydrogens is 304 g/mol. The Morgan fingerprint density at radius 3 is 2.67 bits per heavy atom. The lowest BCUT2D eigenvalue weighted by molar-refractivity contribution is 0.100. The molecule has 0 fully saturated rings. The van der Waals surface area contributed by atoms with E-state index in [9.17, 15) is 9.59 Å². The van der Waals surface area contributed by atoms with Gasteiger partial charge in [-0.1, -0.05) is 24.3 Å². The number of benzene rings is 2. The fraction of sp³-hybridized carbons (Fsp3) is 0.158. The average molecular weight is 322 g/mol. The summed E-state index contributed by atoms with van der Waals surface area (Å²) in [4.78, 5) is 23.4. The van der Waals surface area contributed by atoms with Crippen LogP contribution in [0.1, 0.15) is 27.0 Å². The van der Waals surface area contributed by atoms with Crippen molar-refractivity contribution < 1.29 is 9.21 Å². The molecule has 0 unspecified atom stereocenters. The number of aryl methyl sites for hydroxylation is 2. The standard InChI is InChI=1S/C19H18N2O3/c1-11-7-8-14-13(9-17(22)24-18(14)12(11)2)10-21-16-6-4-3-5-15(16)19(20)23/h3-9,21H,10H2,1-2H3,(H2,20,23). The molecule has 2 aromatic carbocycles. The van der Waals surface area contributed by atoms with Crippen LogP contribution in [0.3, 0.4) is 0 Å². The predicted molar refractivity (Wildman–Crippen MR) is 94.2 cm³/mol. The number of primary amides is 1. The Kier molecular flexibility index (Phi) is 4.08. The van der Waals surface area contributed by atoms with Crippen LogP contribution in [-0.2, 0) is 6.54 Å². The van der Waals surface area contributed by atoms with Crippen LogP contribution >= 0.6 is 0 Å². The molecule has 5 heteroatoms. The Bertz CT molecular complexity index is 990. The second-order valence-electron chi connectivity index (χ2n) is 5.74. The fourth-order valence-corrected chi connectivity index (χ4v) is 2.71. The first kappa shape index (κ1) is 15.8. The van der Waals surface area contributed by atoms with E-state index < -0.39 is 11.5 Å². The normalized spacial score (nSPS) is 10.8. The third kappa shape index (κ3) is 2.88. The lowest BCUT2D eigenvalue weighted by Gasteiger charge is -2.12. The third-order valence-corrected chi connectivity index (χ3v) is 4.18. The van der Waals surface area contributed by atoms with Crippen LogP contribution in [0.15, 0.2) is 51.7 Å². The van der Waals surface area contributed by atoms with Crippen LogP contribution in [0.25, 0.3) is 11.0 Å². The van der Waals surface area contributed by atoms with Crippen LogP contribution in [0, 0.1) is 13.8 Å². The molecule has 1 amide bonds. The highest BCUT2D eigenvalue weighted by Gasteiger charge is 2.11. The minimum Gasteiger partial charge on any atom is -0.422 e. The first-order valence-corrected chi connectivity index (χ1v) is 7.63. The van der Waals surface area contributed by atoms with Crippen LogP contribution in [-0.4, -0.2) is 5.91 Å². The van der Waals surface area contributed by atoms with E-state index in [0.717, 1.165) is 22.1 Å². The molecular formula is C19H18N2O3. The summed E-state index contributed by atoms with van der Waals surface area (Å²) < 4.78 is 5.37. The highest BCUT2D eigenvalue weighted by atomic mass is 16.4. The lowest BCUT2D eigenvalue weighted by atomic mass is 10.0. The summed E-state index contributed by atoms with van der Waals surface area (Å²) in [5, 5.41) is 4.06. The van der Waals surface area contributed by atoms with Gasteiger partial charge in [0.15, 0.2) is 0 Å². The summed E-state index contributed by atoms with van der Waals surface area (Å²) in [6.07, 6.45) is 0. The van der Waals surface area contributed by atoms with E-state index in [4.69, 9.17) is 10.2 Å². The van der Waals surface area contributed by atoms with E-state index in [2.05, 4.69) is 5.32 Å². The topological polar surface area (TPSA) is 85.3 Å². The Morgan fingerprint density at radius 1 is 1.17 bits per heavy atom. The predicted octanol–water partition coefficient (Wildman–Crippen LogP) is 3.12. The van der Waals surface area contributed by atoms with Gasteiger partial charge in [-0.15, -0.1) is 0 Å². The molecule has 0 aliphatic rings. The van der Waals surface area contributed by atoms with Crippen molar-refractivity contribution in [1.29, 1.82) is 0 Å². The molecule has 24 heavy (non-hydrogen) atoms.